The second kappa shape index (κ2) is 19.8. The summed E-state index contributed by atoms with van der Waals surface area (Å²) < 4.78 is 21.8. The summed E-state index contributed by atoms with van der Waals surface area (Å²) in [7, 11) is 3.37. The smallest absolute Gasteiger partial charge is 0.222 e. The Kier molecular flexibility index (Phi) is 19.1. The first-order chi connectivity index (χ1) is 16.9. The van der Waals surface area contributed by atoms with E-state index in [-0.39, 0.29) is 42.2 Å². The van der Waals surface area contributed by atoms with Crippen LogP contribution in [0.15, 0.2) is 18.2 Å². The summed E-state index contributed by atoms with van der Waals surface area (Å²) in [6, 6.07) is 6.20. The van der Waals surface area contributed by atoms with E-state index in [4.69, 9.17) is 18.9 Å². The van der Waals surface area contributed by atoms with Crippen LogP contribution in [0.25, 0.3) is 0 Å². The molecule has 7 nitrogen and oxygen atoms in total. The van der Waals surface area contributed by atoms with Crippen LogP contribution in [-0.2, 0) is 20.7 Å². The van der Waals surface area contributed by atoms with Crippen LogP contribution in [-0.4, -0.2) is 76.6 Å². The Hall–Kier alpha value is -1.25. The summed E-state index contributed by atoms with van der Waals surface area (Å²) in [6.07, 6.45) is 7.33. The Morgan fingerprint density at radius 3 is 2.41 bits per heavy atom. The van der Waals surface area contributed by atoms with Crippen LogP contribution in [0.4, 0.5) is 0 Å². The molecule has 0 aliphatic carbocycles. The lowest BCUT2D eigenvalue weighted by Crippen LogP contribution is -2.55. The van der Waals surface area contributed by atoms with Crippen molar-refractivity contribution in [3.05, 3.63) is 23.8 Å². The number of rotatable bonds is 17. The third kappa shape index (κ3) is 13.4. The average molecular weight is 566 g/mol. The summed E-state index contributed by atoms with van der Waals surface area (Å²) in [5, 5.41) is 3.18. The van der Waals surface area contributed by atoms with Gasteiger partial charge in [-0.25, -0.2) is 0 Å². The number of halogens is 2. The SMILES string of the molecule is COCCCOc1cc(CCCCCC[C@@H](C)C(=O)NCC(C)(C)N2CCOCC2)ccc1OC.Cl.Cl. The zero-order chi connectivity index (χ0) is 25.5. The largest absolute Gasteiger partial charge is 0.493 e. The molecule has 1 N–H and O–H groups in total. The molecule has 1 atom stereocenters. The predicted molar refractivity (Wildman–Crippen MR) is 155 cm³/mol. The van der Waals surface area contributed by atoms with Crippen LogP contribution in [0.1, 0.15) is 64.9 Å². The van der Waals surface area contributed by atoms with E-state index < -0.39 is 0 Å². The summed E-state index contributed by atoms with van der Waals surface area (Å²) in [5.41, 5.74) is 1.22. The number of carbonyl (C=O) groups excluding carboxylic acids is 1. The van der Waals surface area contributed by atoms with Crippen molar-refractivity contribution in [2.75, 3.05) is 60.3 Å². The molecule has 0 unspecified atom stereocenters. The van der Waals surface area contributed by atoms with Crippen molar-refractivity contribution < 1.29 is 23.7 Å². The van der Waals surface area contributed by atoms with Gasteiger partial charge in [0.05, 0.1) is 26.9 Å². The van der Waals surface area contributed by atoms with Gasteiger partial charge in [-0.05, 0) is 50.8 Å². The van der Waals surface area contributed by atoms with Crippen molar-refractivity contribution in [2.45, 2.75) is 71.3 Å². The molecular formula is C28H50Cl2N2O5. The molecule has 0 saturated carbocycles. The number of aryl methyl sites for hydroxylation is 1. The van der Waals surface area contributed by atoms with Gasteiger partial charge in [0.15, 0.2) is 11.5 Å². The third-order valence-electron chi connectivity index (χ3n) is 6.84. The van der Waals surface area contributed by atoms with Gasteiger partial charge in [0.2, 0.25) is 5.91 Å². The fraction of sp³-hybridized carbons (Fsp3) is 0.750. The number of hydrogen-bond donors (Lipinski definition) is 1. The molecule has 216 valence electrons. The molecule has 1 aromatic rings. The lowest BCUT2D eigenvalue weighted by Gasteiger charge is -2.41. The first-order valence-corrected chi connectivity index (χ1v) is 13.3. The molecular weight excluding hydrogens is 515 g/mol. The monoisotopic (exact) mass is 564 g/mol. The molecule has 0 radical (unpaired) electrons. The molecule has 0 bridgehead atoms. The van der Waals surface area contributed by atoms with Gasteiger partial charge < -0.3 is 24.3 Å². The summed E-state index contributed by atoms with van der Waals surface area (Å²) >= 11 is 0. The second-order valence-corrected chi connectivity index (χ2v) is 10.2. The molecule has 1 saturated heterocycles. The Balaban J connectivity index is 0.00000648. The zero-order valence-corrected chi connectivity index (χ0v) is 25.1. The van der Waals surface area contributed by atoms with Crippen molar-refractivity contribution in [2.24, 2.45) is 5.92 Å². The highest BCUT2D eigenvalue weighted by Gasteiger charge is 2.29. The molecule has 1 amide bonds. The highest BCUT2D eigenvalue weighted by atomic mass is 35.5. The van der Waals surface area contributed by atoms with Gasteiger partial charge in [0, 0.05) is 51.2 Å². The number of unbranched alkanes of at least 4 members (excludes halogenated alkanes) is 3. The van der Waals surface area contributed by atoms with Crippen LogP contribution in [0.2, 0.25) is 0 Å². The second-order valence-electron chi connectivity index (χ2n) is 10.2. The van der Waals surface area contributed by atoms with Crippen LogP contribution >= 0.6 is 24.8 Å². The number of benzene rings is 1. The van der Waals surface area contributed by atoms with Crippen molar-refractivity contribution in [3.63, 3.8) is 0 Å². The van der Waals surface area contributed by atoms with E-state index in [0.717, 1.165) is 82.7 Å². The van der Waals surface area contributed by atoms with Gasteiger partial charge >= 0.3 is 0 Å². The number of nitrogens with one attached hydrogen (secondary N) is 1. The van der Waals surface area contributed by atoms with Crippen molar-refractivity contribution in [1.29, 1.82) is 0 Å². The molecule has 1 aromatic carbocycles. The summed E-state index contributed by atoms with van der Waals surface area (Å²) in [4.78, 5) is 15.0. The minimum absolute atomic E-state index is 0. The van der Waals surface area contributed by atoms with Crippen LogP contribution in [0, 0.1) is 5.92 Å². The van der Waals surface area contributed by atoms with Crippen molar-refractivity contribution >= 4 is 30.7 Å². The molecule has 0 aromatic heterocycles. The minimum Gasteiger partial charge on any atom is -0.493 e. The summed E-state index contributed by atoms with van der Waals surface area (Å²) in [6.45, 7) is 11.8. The fourth-order valence-corrected chi connectivity index (χ4v) is 4.40. The fourth-order valence-electron chi connectivity index (χ4n) is 4.40. The number of amides is 1. The topological polar surface area (TPSA) is 69.3 Å². The maximum Gasteiger partial charge on any atom is 0.222 e. The number of carbonyl (C=O) groups is 1. The highest BCUT2D eigenvalue weighted by molar-refractivity contribution is 5.85. The lowest BCUT2D eigenvalue weighted by atomic mass is 9.98. The van der Waals surface area contributed by atoms with Crippen molar-refractivity contribution in [3.8, 4) is 11.5 Å². The number of ether oxygens (including phenoxy) is 4. The number of hydrogen-bond acceptors (Lipinski definition) is 6. The molecule has 1 aliphatic heterocycles. The van der Waals surface area contributed by atoms with Gasteiger partial charge in [-0.3, -0.25) is 9.69 Å². The Labute approximate surface area is 237 Å². The van der Waals surface area contributed by atoms with Gasteiger partial charge in [0.1, 0.15) is 0 Å². The predicted octanol–water partition coefficient (Wildman–Crippen LogP) is 5.31. The van der Waals surface area contributed by atoms with E-state index in [1.54, 1.807) is 14.2 Å². The normalized spacial score (nSPS) is 14.7. The van der Waals surface area contributed by atoms with Crippen LogP contribution < -0.4 is 14.8 Å². The molecule has 1 aliphatic rings. The minimum atomic E-state index is -0.0462. The maximum atomic E-state index is 12.6. The van der Waals surface area contributed by atoms with E-state index in [0.29, 0.717) is 19.8 Å². The first-order valence-electron chi connectivity index (χ1n) is 13.3. The highest BCUT2D eigenvalue weighted by Crippen LogP contribution is 2.29. The van der Waals surface area contributed by atoms with E-state index in [2.05, 4.69) is 36.2 Å². The molecule has 9 heteroatoms. The first kappa shape index (κ1) is 35.8. The number of morpholine rings is 1. The van der Waals surface area contributed by atoms with E-state index in [9.17, 15) is 4.79 Å². The summed E-state index contributed by atoms with van der Waals surface area (Å²) in [5.74, 6) is 1.79. The molecule has 0 spiro atoms. The third-order valence-corrected chi connectivity index (χ3v) is 6.84. The van der Waals surface area contributed by atoms with Crippen molar-refractivity contribution in [1.82, 2.24) is 10.2 Å². The Morgan fingerprint density at radius 2 is 1.73 bits per heavy atom. The van der Waals surface area contributed by atoms with Crippen LogP contribution in [0.5, 0.6) is 11.5 Å². The standard InChI is InChI=1S/C28H48N2O5.2ClH/c1-23(27(31)29-22-28(2,3)30-15-19-34-20-16-30)11-8-6-7-9-12-24-13-14-25(33-5)26(21-24)35-18-10-17-32-4;;/h13-14,21,23H,6-12,15-20,22H2,1-5H3,(H,29,31);2*1H/t23-;;/m1../s1. The van der Waals surface area contributed by atoms with Gasteiger partial charge in [0.25, 0.3) is 0 Å². The number of methoxy groups -OCH3 is 2. The maximum absolute atomic E-state index is 12.6. The number of nitrogens with zero attached hydrogens (tertiary/aromatic N) is 1. The lowest BCUT2D eigenvalue weighted by molar-refractivity contribution is -0.125. The van der Waals surface area contributed by atoms with E-state index in [1.165, 1.54) is 5.56 Å². The van der Waals surface area contributed by atoms with E-state index >= 15 is 0 Å². The Bertz CT molecular complexity index is 745. The zero-order valence-electron chi connectivity index (χ0n) is 23.5. The van der Waals surface area contributed by atoms with Gasteiger partial charge in [-0.2, -0.15) is 0 Å². The average Bonchev–Trinajstić information content (AvgIpc) is 2.87. The van der Waals surface area contributed by atoms with Gasteiger partial charge in [-0.15, -0.1) is 24.8 Å². The van der Waals surface area contributed by atoms with Gasteiger partial charge in [-0.1, -0.05) is 32.3 Å². The van der Waals surface area contributed by atoms with E-state index in [1.807, 2.05) is 13.0 Å². The van der Waals surface area contributed by atoms with Crippen LogP contribution in [0.3, 0.4) is 0 Å². The quantitative estimate of drug-likeness (QED) is 0.258. The molecule has 2 rings (SSSR count). The molecule has 37 heavy (non-hydrogen) atoms. The molecule has 1 fully saturated rings. The Morgan fingerprint density at radius 1 is 1.03 bits per heavy atom. The molecule has 1 heterocycles.